The highest BCUT2D eigenvalue weighted by Crippen LogP contribution is 2.20. The topological polar surface area (TPSA) is 52.6 Å². The van der Waals surface area contributed by atoms with Crippen molar-refractivity contribution < 1.29 is 19.1 Å². The molecular weight excluding hydrogens is 268 g/mol. The van der Waals surface area contributed by atoms with Gasteiger partial charge in [0.1, 0.15) is 12.4 Å². The van der Waals surface area contributed by atoms with Gasteiger partial charge in [-0.1, -0.05) is 36.4 Å². The second kappa shape index (κ2) is 7.24. The predicted octanol–water partition coefficient (Wildman–Crippen LogP) is 2.79. The fraction of sp³-hybridized carbons (Fsp3) is 0.176. The molecule has 0 aliphatic rings. The van der Waals surface area contributed by atoms with Crippen molar-refractivity contribution in [1.82, 2.24) is 0 Å². The Morgan fingerprint density at radius 3 is 2.52 bits per heavy atom. The summed E-state index contributed by atoms with van der Waals surface area (Å²) in [7, 11) is 1.33. The zero-order valence-corrected chi connectivity index (χ0v) is 11.7. The molecule has 0 heterocycles. The smallest absolute Gasteiger partial charge is 0.309 e. The standard InChI is InChI=1S/C17H16O4/c1-20-17(19)10-14-7-8-16(15(9-14)11-18)21-12-13-5-3-2-4-6-13/h2-9,11H,10,12H2,1H3. The van der Waals surface area contributed by atoms with Crippen LogP contribution in [0.25, 0.3) is 0 Å². The van der Waals surface area contributed by atoms with E-state index in [1.165, 1.54) is 7.11 Å². The molecule has 0 radical (unpaired) electrons. The quantitative estimate of drug-likeness (QED) is 0.604. The lowest BCUT2D eigenvalue weighted by atomic mass is 10.1. The van der Waals surface area contributed by atoms with Gasteiger partial charge in [0.05, 0.1) is 19.1 Å². The van der Waals surface area contributed by atoms with E-state index < -0.39 is 0 Å². The Balaban J connectivity index is 2.09. The van der Waals surface area contributed by atoms with Crippen molar-refractivity contribution in [1.29, 1.82) is 0 Å². The van der Waals surface area contributed by atoms with Gasteiger partial charge in [0.2, 0.25) is 0 Å². The van der Waals surface area contributed by atoms with Crippen molar-refractivity contribution in [3.8, 4) is 5.75 Å². The van der Waals surface area contributed by atoms with Gasteiger partial charge in [-0.15, -0.1) is 0 Å². The van der Waals surface area contributed by atoms with Crippen LogP contribution in [0, 0.1) is 0 Å². The van der Waals surface area contributed by atoms with Crippen molar-refractivity contribution in [2.75, 3.05) is 7.11 Å². The number of hydrogen-bond donors (Lipinski definition) is 0. The Kier molecular flexibility index (Phi) is 5.10. The molecule has 108 valence electrons. The molecule has 0 spiro atoms. The average molecular weight is 284 g/mol. The summed E-state index contributed by atoms with van der Waals surface area (Å²) in [5.74, 6) is 0.160. The summed E-state index contributed by atoms with van der Waals surface area (Å²) in [4.78, 5) is 22.4. The molecule has 2 rings (SSSR count). The zero-order valence-electron chi connectivity index (χ0n) is 11.7. The molecule has 0 unspecified atom stereocenters. The first kappa shape index (κ1) is 14.8. The summed E-state index contributed by atoms with van der Waals surface area (Å²) >= 11 is 0. The van der Waals surface area contributed by atoms with Crippen molar-refractivity contribution in [2.24, 2.45) is 0 Å². The van der Waals surface area contributed by atoms with Crippen LogP contribution in [0.1, 0.15) is 21.5 Å². The summed E-state index contributed by atoms with van der Waals surface area (Å²) in [5, 5.41) is 0. The average Bonchev–Trinajstić information content (AvgIpc) is 2.54. The molecule has 2 aromatic rings. The molecule has 0 fully saturated rings. The minimum atomic E-state index is -0.343. The number of hydrogen-bond acceptors (Lipinski definition) is 4. The van der Waals surface area contributed by atoms with E-state index in [1.54, 1.807) is 18.2 Å². The van der Waals surface area contributed by atoms with Gasteiger partial charge in [-0.05, 0) is 23.3 Å². The molecule has 0 N–H and O–H groups in total. The van der Waals surface area contributed by atoms with E-state index in [9.17, 15) is 9.59 Å². The molecule has 2 aromatic carbocycles. The monoisotopic (exact) mass is 284 g/mol. The minimum absolute atomic E-state index is 0.135. The Labute approximate surface area is 123 Å². The highest BCUT2D eigenvalue weighted by atomic mass is 16.5. The van der Waals surface area contributed by atoms with Crippen LogP contribution < -0.4 is 4.74 Å². The van der Waals surface area contributed by atoms with Gasteiger partial charge < -0.3 is 9.47 Å². The Hall–Kier alpha value is -2.62. The molecular formula is C17H16O4. The number of rotatable bonds is 6. The fourth-order valence-electron chi connectivity index (χ4n) is 1.91. The van der Waals surface area contributed by atoms with Crippen LogP contribution >= 0.6 is 0 Å². The third-order valence-electron chi connectivity index (χ3n) is 3.01. The lowest BCUT2D eigenvalue weighted by molar-refractivity contribution is -0.139. The van der Waals surface area contributed by atoms with Gasteiger partial charge >= 0.3 is 5.97 Å². The van der Waals surface area contributed by atoms with Gasteiger partial charge in [0.15, 0.2) is 6.29 Å². The van der Waals surface area contributed by atoms with Gasteiger partial charge in [-0.2, -0.15) is 0 Å². The van der Waals surface area contributed by atoms with Crippen molar-refractivity contribution >= 4 is 12.3 Å². The molecule has 0 amide bonds. The number of carbonyl (C=O) groups is 2. The number of benzene rings is 2. The molecule has 4 heteroatoms. The van der Waals surface area contributed by atoms with E-state index in [0.29, 0.717) is 17.9 Å². The Bertz CT molecular complexity index is 620. The zero-order chi connectivity index (χ0) is 15.1. The van der Waals surface area contributed by atoms with E-state index in [4.69, 9.17) is 4.74 Å². The van der Waals surface area contributed by atoms with Crippen molar-refractivity contribution in [2.45, 2.75) is 13.0 Å². The van der Waals surface area contributed by atoms with Crippen LogP contribution in [-0.4, -0.2) is 19.4 Å². The number of ether oxygens (including phenoxy) is 2. The maximum atomic E-state index is 11.2. The largest absolute Gasteiger partial charge is 0.488 e. The first-order chi connectivity index (χ1) is 10.2. The van der Waals surface area contributed by atoms with Crippen LogP contribution in [0.4, 0.5) is 0 Å². The summed E-state index contributed by atoms with van der Waals surface area (Å²) in [6, 6.07) is 14.8. The Morgan fingerprint density at radius 2 is 1.86 bits per heavy atom. The van der Waals surface area contributed by atoms with Crippen LogP contribution in [0.2, 0.25) is 0 Å². The number of aldehydes is 1. The van der Waals surface area contributed by atoms with E-state index in [2.05, 4.69) is 4.74 Å². The predicted molar refractivity (Wildman–Crippen MR) is 78.3 cm³/mol. The van der Waals surface area contributed by atoms with Crippen LogP contribution in [0.15, 0.2) is 48.5 Å². The highest BCUT2D eigenvalue weighted by Gasteiger charge is 2.08. The SMILES string of the molecule is COC(=O)Cc1ccc(OCc2ccccc2)c(C=O)c1. The normalized spacial score (nSPS) is 9.95. The first-order valence-corrected chi connectivity index (χ1v) is 6.54. The molecule has 4 nitrogen and oxygen atoms in total. The van der Waals surface area contributed by atoms with Crippen LogP contribution in [0.3, 0.4) is 0 Å². The lowest BCUT2D eigenvalue weighted by Gasteiger charge is -2.10. The van der Waals surface area contributed by atoms with Gasteiger partial charge in [0, 0.05) is 0 Å². The van der Waals surface area contributed by atoms with E-state index in [-0.39, 0.29) is 12.4 Å². The Morgan fingerprint density at radius 1 is 1.10 bits per heavy atom. The molecule has 0 bridgehead atoms. The first-order valence-electron chi connectivity index (χ1n) is 6.54. The maximum absolute atomic E-state index is 11.2. The van der Waals surface area contributed by atoms with E-state index in [1.807, 2.05) is 30.3 Å². The van der Waals surface area contributed by atoms with Crippen LogP contribution in [0.5, 0.6) is 5.75 Å². The third kappa shape index (κ3) is 4.18. The summed E-state index contributed by atoms with van der Waals surface area (Å²) in [5.41, 5.74) is 2.16. The van der Waals surface area contributed by atoms with Crippen molar-refractivity contribution in [3.05, 3.63) is 65.2 Å². The maximum Gasteiger partial charge on any atom is 0.309 e. The second-order valence-corrected chi connectivity index (χ2v) is 4.52. The van der Waals surface area contributed by atoms with E-state index in [0.717, 1.165) is 17.4 Å². The van der Waals surface area contributed by atoms with Gasteiger partial charge in [0.25, 0.3) is 0 Å². The fourth-order valence-corrected chi connectivity index (χ4v) is 1.91. The lowest BCUT2D eigenvalue weighted by Crippen LogP contribution is -2.05. The minimum Gasteiger partial charge on any atom is -0.488 e. The summed E-state index contributed by atoms with van der Waals surface area (Å²) in [6.45, 7) is 0.387. The number of carbonyl (C=O) groups excluding carboxylic acids is 2. The van der Waals surface area contributed by atoms with Crippen molar-refractivity contribution in [3.63, 3.8) is 0 Å². The number of esters is 1. The van der Waals surface area contributed by atoms with Crippen LogP contribution in [-0.2, 0) is 22.6 Å². The second-order valence-electron chi connectivity index (χ2n) is 4.52. The molecule has 0 aliphatic heterocycles. The molecule has 0 aliphatic carbocycles. The molecule has 0 saturated heterocycles. The molecule has 21 heavy (non-hydrogen) atoms. The summed E-state index contributed by atoms with van der Waals surface area (Å²) < 4.78 is 10.3. The van der Waals surface area contributed by atoms with Gasteiger partial charge in [-0.3, -0.25) is 9.59 Å². The molecule has 0 atom stereocenters. The number of methoxy groups -OCH3 is 1. The van der Waals surface area contributed by atoms with E-state index >= 15 is 0 Å². The third-order valence-corrected chi connectivity index (χ3v) is 3.01. The summed E-state index contributed by atoms with van der Waals surface area (Å²) in [6.07, 6.45) is 0.859. The molecule has 0 aromatic heterocycles. The van der Waals surface area contributed by atoms with Gasteiger partial charge in [-0.25, -0.2) is 0 Å². The highest BCUT2D eigenvalue weighted by molar-refractivity contribution is 5.81. The molecule has 0 saturated carbocycles.